The second-order valence-corrected chi connectivity index (χ2v) is 7.91. The van der Waals surface area contributed by atoms with Gasteiger partial charge in [0, 0.05) is 5.69 Å². The number of carbonyl (C=O) groups excluding carboxylic acids is 1. The van der Waals surface area contributed by atoms with E-state index in [2.05, 4.69) is 10.0 Å². The molecule has 0 fully saturated rings. The van der Waals surface area contributed by atoms with Crippen molar-refractivity contribution in [3.63, 3.8) is 0 Å². The molecule has 0 bridgehead atoms. The van der Waals surface area contributed by atoms with Gasteiger partial charge in [-0.15, -0.1) is 0 Å². The molecule has 3 rings (SSSR count). The lowest BCUT2D eigenvalue weighted by Gasteiger charge is -2.26. The van der Waals surface area contributed by atoms with Crippen LogP contribution in [0.15, 0.2) is 47.4 Å². The molecular formula is C19H22N2O5S. The minimum Gasteiger partial charge on any atom is -0.497 e. The lowest BCUT2D eigenvalue weighted by molar-refractivity contribution is -0.123. The number of rotatable bonds is 7. The minimum atomic E-state index is -3.81. The van der Waals surface area contributed by atoms with Gasteiger partial charge in [-0.25, -0.2) is 8.42 Å². The number of hydrogen-bond donors (Lipinski definition) is 2. The van der Waals surface area contributed by atoms with Gasteiger partial charge in [0.2, 0.25) is 0 Å². The Labute approximate surface area is 158 Å². The molecule has 1 aliphatic rings. The second kappa shape index (κ2) is 7.87. The highest BCUT2D eigenvalue weighted by atomic mass is 32.2. The topological polar surface area (TPSA) is 93.7 Å². The van der Waals surface area contributed by atoms with Crippen molar-refractivity contribution in [1.82, 2.24) is 0 Å². The summed E-state index contributed by atoms with van der Waals surface area (Å²) in [4.78, 5) is 12.2. The molecule has 2 N–H and O–H groups in total. The van der Waals surface area contributed by atoms with E-state index in [1.54, 1.807) is 30.3 Å². The highest BCUT2D eigenvalue weighted by Crippen LogP contribution is 2.33. The Morgan fingerprint density at radius 2 is 1.93 bits per heavy atom. The van der Waals surface area contributed by atoms with Gasteiger partial charge in [0.05, 0.1) is 17.7 Å². The average Bonchev–Trinajstić information content (AvgIpc) is 2.66. The van der Waals surface area contributed by atoms with Gasteiger partial charge < -0.3 is 14.8 Å². The van der Waals surface area contributed by atoms with Gasteiger partial charge in [-0.2, -0.15) is 0 Å². The molecule has 1 amide bonds. The first-order valence-corrected chi connectivity index (χ1v) is 10.2. The van der Waals surface area contributed by atoms with Gasteiger partial charge in [-0.1, -0.05) is 13.3 Å². The predicted octanol–water partition coefficient (Wildman–Crippen LogP) is 3.39. The van der Waals surface area contributed by atoms with Crippen molar-refractivity contribution < 1.29 is 22.7 Å². The van der Waals surface area contributed by atoms with Crippen molar-refractivity contribution in [2.45, 2.75) is 37.2 Å². The number of nitrogens with one attached hydrogen (secondary N) is 2. The van der Waals surface area contributed by atoms with E-state index in [4.69, 9.17) is 9.47 Å². The number of ether oxygens (including phenoxy) is 2. The van der Waals surface area contributed by atoms with Gasteiger partial charge in [-0.3, -0.25) is 9.52 Å². The third-order valence-corrected chi connectivity index (χ3v) is 5.62. The van der Waals surface area contributed by atoms with Crippen molar-refractivity contribution >= 4 is 27.3 Å². The number of anilines is 2. The molecule has 7 nitrogen and oxygen atoms in total. The van der Waals surface area contributed by atoms with Crippen LogP contribution in [-0.4, -0.2) is 27.5 Å². The summed E-state index contributed by atoms with van der Waals surface area (Å²) in [7, 11) is -2.27. The van der Waals surface area contributed by atoms with Crippen LogP contribution in [0.1, 0.15) is 26.2 Å². The van der Waals surface area contributed by atoms with Crippen molar-refractivity contribution in [1.29, 1.82) is 0 Å². The van der Waals surface area contributed by atoms with Crippen LogP contribution in [-0.2, 0) is 14.8 Å². The molecule has 1 heterocycles. The fraction of sp³-hybridized carbons (Fsp3) is 0.316. The largest absolute Gasteiger partial charge is 0.497 e. The van der Waals surface area contributed by atoms with E-state index in [1.807, 2.05) is 6.92 Å². The molecule has 1 aliphatic heterocycles. The van der Waals surface area contributed by atoms with Crippen LogP contribution >= 0.6 is 0 Å². The van der Waals surface area contributed by atoms with E-state index in [-0.39, 0.29) is 10.8 Å². The third-order valence-electron chi connectivity index (χ3n) is 4.24. The normalized spacial score (nSPS) is 16.1. The Bertz CT molecular complexity index is 926. The Morgan fingerprint density at radius 3 is 2.59 bits per heavy atom. The molecule has 0 saturated heterocycles. The van der Waals surface area contributed by atoms with Gasteiger partial charge in [0.25, 0.3) is 15.9 Å². The number of fused-ring (bicyclic) bond motifs is 1. The van der Waals surface area contributed by atoms with Crippen LogP contribution in [0.5, 0.6) is 11.5 Å². The molecule has 2 aromatic rings. The maximum absolute atomic E-state index is 12.6. The summed E-state index contributed by atoms with van der Waals surface area (Å²) in [5.74, 6) is 0.844. The van der Waals surface area contributed by atoms with Crippen LogP contribution < -0.4 is 19.5 Å². The van der Waals surface area contributed by atoms with E-state index < -0.39 is 16.1 Å². The molecule has 0 aromatic heterocycles. The van der Waals surface area contributed by atoms with E-state index in [0.29, 0.717) is 29.3 Å². The summed E-state index contributed by atoms with van der Waals surface area (Å²) in [5, 5.41) is 2.74. The molecule has 0 unspecified atom stereocenters. The van der Waals surface area contributed by atoms with Crippen LogP contribution in [0.25, 0.3) is 0 Å². The van der Waals surface area contributed by atoms with Crippen molar-refractivity contribution in [2.75, 3.05) is 17.1 Å². The molecular weight excluding hydrogens is 368 g/mol. The number of methoxy groups -OCH3 is 1. The second-order valence-electron chi connectivity index (χ2n) is 6.23. The Kier molecular flexibility index (Phi) is 5.55. The molecule has 0 aliphatic carbocycles. The zero-order chi connectivity index (χ0) is 19.4. The minimum absolute atomic E-state index is 0.0352. The first kappa shape index (κ1) is 19.0. The number of hydrogen-bond acceptors (Lipinski definition) is 5. The zero-order valence-corrected chi connectivity index (χ0v) is 16.0. The first-order chi connectivity index (χ1) is 12.9. The molecule has 0 radical (unpaired) electrons. The van der Waals surface area contributed by atoms with Crippen molar-refractivity contribution in [3.05, 3.63) is 42.5 Å². The number of carbonyl (C=O) groups is 1. The highest BCUT2D eigenvalue weighted by molar-refractivity contribution is 7.92. The number of unbranched alkanes of at least 4 members (excludes halogenated alkanes) is 1. The SMILES string of the molecule is CCCC[C@@H]1Oc2ccc(S(=O)(=O)Nc3ccc(OC)cc3)cc2NC1=O. The summed E-state index contributed by atoms with van der Waals surface area (Å²) in [5.41, 5.74) is 0.763. The fourth-order valence-corrected chi connectivity index (χ4v) is 3.83. The van der Waals surface area contributed by atoms with E-state index >= 15 is 0 Å². The van der Waals surface area contributed by atoms with E-state index in [9.17, 15) is 13.2 Å². The standard InChI is InChI=1S/C19H22N2O5S/c1-3-4-5-18-19(22)20-16-12-15(10-11-17(16)26-18)27(23,24)21-13-6-8-14(25-2)9-7-13/h6-12,18,21H,3-5H2,1-2H3,(H,20,22)/t18-/m0/s1. The Balaban J connectivity index is 1.79. The molecule has 144 valence electrons. The van der Waals surface area contributed by atoms with Gasteiger partial charge in [0.15, 0.2) is 6.10 Å². The summed E-state index contributed by atoms with van der Waals surface area (Å²) < 4.78 is 38.5. The summed E-state index contributed by atoms with van der Waals surface area (Å²) in [6, 6.07) is 11.0. The van der Waals surface area contributed by atoms with Gasteiger partial charge in [-0.05, 0) is 55.3 Å². The predicted molar refractivity (Wildman–Crippen MR) is 103 cm³/mol. The van der Waals surface area contributed by atoms with Crippen LogP contribution in [0.2, 0.25) is 0 Å². The molecule has 27 heavy (non-hydrogen) atoms. The molecule has 2 aromatic carbocycles. The van der Waals surface area contributed by atoms with Crippen LogP contribution in [0.3, 0.4) is 0 Å². The zero-order valence-electron chi connectivity index (χ0n) is 15.2. The van der Waals surface area contributed by atoms with Gasteiger partial charge >= 0.3 is 0 Å². The number of sulfonamides is 1. The summed E-state index contributed by atoms with van der Waals surface area (Å²) >= 11 is 0. The van der Waals surface area contributed by atoms with Crippen molar-refractivity contribution in [2.24, 2.45) is 0 Å². The molecule has 0 spiro atoms. The van der Waals surface area contributed by atoms with E-state index in [1.165, 1.54) is 19.2 Å². The lowest BCUT2D eigenvalue weighted by Crippen LogP contribution is -2.37. The van der Waals surface area contributed by atoms with Crippen LogP contribution in [0, 0.1) is 0 Å². The summed E-state index contributed by atoms with van der Waals surface area (Å²) in [6.07, 6.45) is 1.93. The number of amides is 1. The number of benzene rings is 2. The maximum atomic E-state index is 12.6. The maximum Gasteiger partial charge on any atom is 0.265 e. The average molecular weight is 390 g/mol. The molecule has 0 saturated carbocycles. The smallest absolute Gasteiger partial charge is 0.265 e. The lowest BCUT2D eigenvalue weighted by atomic mass is 10.1. The molecule has 1 atom stereocenters. The van der Waals surface area contributed by atoms with Crippen LogP contribution in [0.4, 0.5) is 11.4 Å². The van der Waals surface area contributed by atoms with Crippen molar-refractivity contribution in [3.8, 4) is 11.5 Å². The fourth-order valence-electron chi connectivity index (χ4n) is 2.75. The first-order valence-electron chi connectivity index (χ1n) is 8.71. The monoisotopic (exact) mass is 390 g/mol. The molecule has 8 heteroatoms. The van der Waals surface area contributed by atoms with E-state index in [0.717, 1.165) is 12.8 Å². The third kappa shape index (κ3) is 4.33. The highest BCUT2D eigenvalue weighted by Gasteiger charge is 2.28. The summed E-state index contributed by atoms with van der Waals surface area (Å²) in [6.45, 7) is 2.04. The Morgan fingerprint density at radius 1 is 1.19 bits per heavy atom. The van der Waals surface area contributed by atoms with Gasteiger partial charge in [0.1, 0.15) is 11.5 Å². The Hall–Kier alpha value is -2.74. The quantitative estimate of drug-likeness (QED) is 0.756.